The molecule has 0 radical (unpaired) electrons. The van der Waals surface area contributed by atoms with Gasteiger partial charge in [0.2, 0.25) is 5.91 Å². The number of carbonyl (C=O) groups excluding carboxylic acids is 1. The minimum atomic E-state index is -4.76. The zero-order valence-electron chi connectivity index (χ0n) is 25.9. The maximum absolute atomic E-state index is 12.6. The first-order valence-electron chi connectivity index (χ1n) is 15.1. The number of aliphatic imine (C=N–C) groups is 1. The van der Waals surface area contributed by atoms with Crippen molar-refractivity contribution in [1.82, 2.24) is 30.8 Å². The number of hydrogen-bond acceptors (Lipinski definition) is 8. The Morgan fingerprint density at radius 2 is 1.85 bits per heavy atom. The number of hydrazone groups is 1. The van der Waals surface area contributed by atoms with E-state index in [1.165, 1.54) is 47.0 Å². The number of nitrogens with one attached hydrogen (secondary N) is 3. The Kier molecular flexibility index (Phi) is 11.3. The van der Waals surface area contributed by atoms with Gasteiger partial charge in [-0.15, -0.1) is 18.3 Å². The quantitative estimate of drug-likeness (QED) is 0.110. The standard InChI is InChI=1S/C33H35F3N8O2S/c1-22-5-3-6-23(2)30(22)41-32(47-20-29(45)38-18-25-7-4-16-37-17-25)42-40-19-24-8-10-26(11-9-24)31-39-21-44(43-31)27-12-14-28(15-13-27)46-33(34,35)36/h3,5-6,8-15,19,21,25,37H,4,7,16-18,20H2,1-2H3,(H,38,45)(H,41,42)/b40-19+. The monoisotopic (exact) mass is 664 g/mol. The van der Waals surface area contributed by atoms with E-state index in [2.05, 4.69) is 36.0 Å². The van der Waals surface area contributed by atoms with E-state index in [-0.39, 0.29) is 17.4 Å². The highest BCUT2D eigenvalue weighted by Gasteiger charge is 2.31. The molecule has 1 atom stereocenters. The normalized spacial score (nSPS) is 15.5. The van der Waals surface area contributed by atoms with Crippen molar-refractivity contribution >= 4 is 34.7 Å². The van der Waals surface area contributed by atoms with Crippen molar-refractivity contribution in [2.75, 3.05) is 25.4 Å². The van der Waals surface area contributed by atoms with Crippen molar-refractivity contribution in [2.45, 2.75) is 33.1 Å². The molecule has 0 bridgehead atoms. The topological polar surface area (TPSA) is 118 Å². The smallest absolute Gasteiger partial charge is 0.406 e. The van der Waals surface area contributed by atoms with Crippen LogP contribution in [0, 0.1) is 19.8 Å². The number of thioether (sulfide) groups is 1. The van der Waals surface area contributed by atoms with Crippen LogP contribution < -0.4 is 20.8 Å². The molecule has 1 aromatic heterocycles. The molecule has 5 rings (SSSR count). The first kappa shape index (κ1) is 33.7. The van der Waals surface area contributed by atoms with Crippen LogP contribution in [0.4, 0.5) is 18.9 Å². The number of amides is 1. The Labute approximate surface area is 274 Å². The Balaban J connectivity index is 1.21. The SMILES string of the molecule is Cc1cccc(C)c1/N=C(/N/N=C/c1ccc(-c2ncn(-c3ccc(OC(F)(F)F)cc3)n2)cc1)SCC(=O)NCC1CCCNC1. The summed E-state index contributed by atoms with van der Waals surface area (Å²) in [5.41, 5.74) is 7.95. The highest BCUT2D eigenvalue weighted by Crippen LogP contribution is 2.25. The second-order valence-corrected chi connectivity index (χ2v) is 12.0. The van der Waals surface area contributed by atoms with Crippen molar-refractivity contribution < 1.29 is 22.7 Å². The summed E-state index contributed by atoms with van der Waals surface area (Å²) in [4.78, 5) is 21.8. The Bertz CT molecular complexity index is 1680. The van der Waals surface area contributed by atoms with Gasteiger partial charge in [-0.1, -0.05) is 54.2 Å². The van der Waals surface area contributed by atoms with Gasteiger partial charge in [0.25, 0.3) is 0 Å². The highest BCUT2D eigenvalue weighted by atomic mass is 32.2. The van der Waals surface area contributed by atoms with Gasteiger partial charge in [-0.3, -0.25) is 10.2 Å². The number of carbonyl (C=O) groups is 1. The van der Waals surface area contributed by atoms with E-state index < -0.39 is 6.36 Å². The molecule has 0 aliphatic carbocycles. The molecule has 14 heteroatoms. The summed E-state index contributed by atoms with van der Waals surface area (Å²) in [6, 6.07) is 18.7. The van der Waals surface area contributed by atoms with E-state index in [4.69, 9.17) is 4.99 Å². The van der Waals surface area contributed by atoms with Gasteiger partial charge in [0.05, 0.1) is 23.3 Å². The highest BCUT2D eigenvalue weighted by molar-refractivity contribution is 8.14. The minimum Gasteiger partial charge on any atom is -0.406 e. The lowest BCUT2D eigenvalue weighted by Crippen LogP contribution is -2.38. The summed E-state index contributed by atoms with van der Waals surface area (Å²) >= 11 is 1.29. The van der Waals surface area contributed by atoms with Crippen molar-refractivity contribution in [1.29, 1.82) is 0 Å². The first-order valence-corrected chi connectivity index (χ1v) is 16.0. The fourth-order valence-electron chi connectivity index (χ4n) is 4.92. The van der Waals surface area contributed by atoms with E-state index in [1.54, 1.807) is 6.21 Å². The molecule has 1 saturated heterocycles. The van der Waals surface area contributed by atoms with Crippen LogP contribution in [0.2, 0.25) is 0 Å². The fourth-order valence-corrected chi connectivity index (χ4v) is 5.56. The van der Waals surface area contributed by atoms with Crippen LogP contribution in [-0.2, 0) is 4.79 Å². The van der Waals surface area contributed by atoms with Crippen LogP contribution in [0.3, 0.4) is 0 Å². The molecule has 1 fully saturated rings. The number of aryl methyl sites for hydroxylation is 2. The molecule has 1 amide bonds. The third-order valence-electron chi connectivity index (χ3n) is 7.35. The fraction of sp³-hybridized carbons (Fsp3) is 0.303. The van der Waals surface area contributed by atoms with Crippen molar-refractivity contribution in [3.63, 3.8) is 0 Å². The summed E-state index contributed by atoms with van der Waals surface area (Å²) in [6.07, 6.45) is 0.610. The number of hydrogen-bond donors (Lipinski definition) is 3. The summed E-state index contributed by atoms with van der Waals surface area (Å²) < 4.78 is 42.7. The largest absolute Gasteiger partial charge is 0.573 e. The third kappa shape index (κ3) is 10.1. The van der Waals surface area contributed by atoms with Crippen molar-refractivity contribution in [3.8, 4) is 22.8 Å². The van der Waals surface area contributed by atoms with Gasteiger partial charge in [0.15, 0.2) is 11.0 Å². The third-order valence-corrected chi connectivity index (χ3v) is 8.21. The van der Waals surface area contributed by atoms with E-state index in [9.17, 15) is 18.0 Å². The van der Waals surface area contributed by atoms with E-state index in [0.717, 1.165) is 53.9 Å². The van der Waals surface area contributed by atoms with Gasteiger partial charge < -0.3 is 15.4 Å². The minimum absolute atomic E-state index is 0.0558. The summed E-state index contributed by atoms with van der Waals surface area (Å²) in [6.45, 7) is 6.59. The van der Waals surface area contributed by atoms with Crippen LogP contribution in [-0.4, -0.2) is 63.8 Å². The maximum atomic E-state index is 12.6. The molecule has 3 aromatic carbocycles. The molecule has 47 heavy (non-hydrogen) atoms. The molecule has 3 N–H and O–H groups in total. The first-order chi connectivity index (χ1) is 22.6. The lowest BCUT2D eigenvalue weighted by atomic mass is 10.00. The number of para-hydroxylation sites is 1. The lowest BCUT2D eigenvalue weighted by Gasteiger charge is -2.22. The molecule has 1 aliphatic heterocycles. The summed E-state index contributed by atoms with van der Waals surface area (Å²) in [5.74, 6) is 0.721. The predicted molar refractivity (Wildman–Crippen MR) is 178 cm³/mol. The molecule has 1 unspecified atom stereocenters. The molecule has 4 aromatic rings. The molecule has 0 saturated carbocycles. The van der Waals surface area contributed by atoms with Gasteiger partial charge in [-0.2, -0.15) is 5.10 Å². The van der Waals surface area contributed by atoms with E-state index in [0.29, 0.717) is 29.1 Å². The Morgan fingerprint density at radius 1 is 1.11 bits per heavy atom. The number of aromatic nitrogens is 3. The molecule has 1 aliphatic rings. The molecule has 10 nitrogen and oxygen atoms in total. The molecule has 0 spiro atoms. The number of ether oxygens (including phenoxy) is 1. The van der Waals surface area contributed by atoms with Crippen LogP contribution in [0.25, 0.3) is 17.1 Å². The van der Waals surface area contributed by atoms with Crippen LogP contribution in [0.15, 0.2) is 83.2 Å². The van der Waals surface area contributed by atoms with E-state index >= 15 is 0 Å². The van der Waals surface area contributed by atoms with Gasteiger partial charge >= 0.3 is 6.36 Å². The Hall–Kier alpha value is -4.69. The van der Waals surface area contributed by atoms with Crippen LogP contribution >= 0.6 is 11.8 Å². The number of piperidine rings is 1. The summed E-state index contributed by atoms with van der Waals surface area (Å²) in [5, 5.41) is 15.7. The number of benzene rings is 3. The molecular formula is C33H35F3N8O2S. The lowest BCUT2D eigenvalue weighted by molar-refractivity contribution is -0.274. The number of rotatable bonds is 10. The second-order valence-electron chi connectivity index (χ2n) is 11.0. The van der Waals surface area contributed by atoms with Gasteiger partial charge in [0.1, 0.15) is 12.1 Å². The molecule has 2 heterocycles. The number of amidine groups is 1. The van der Waals surface area contributed by atoms with Crippen LogP contribution in [0.5, 0.6) is 5.75 Å². The summed E-state index contributed by atoms with van der Waals surface area (Å²) in [7, 11) is 0. The van der Waals surface area contributed by atoms with Crippen molar-refractivity contribution in [2.24, 2.45) is 16.0 Å². The second kappa shape index (κ2) is 15.7. The van der Waals surface area contributed by atoms with Gasteiger partial charge in [0, 0.05) is 12.1 Å². The zero-order chi connectivity index (χ0) is 33.2. The predicted octanol–water partition coefficient (Wildman–Crippen LogP) is 5.91. The molecule has 246 valence electrons. The van der Waals surface area contributed by atoms with E-state index in [1.807, 2.05) is 56.3 Å². The van der Waals surface area contributed by atoms with Gasteiger partial charge in [-0.05, 0) is 86.7 Å². The van der Waals surface area contributed by atoms with Gasteiger partial charge in [-0.25, -0.2) is 14.7 Å². The average molecular weight is 665 g/mol. The number of halogens is 3. The maximum Gasteiger partial charge on any atom is 0.573 e. The average Bonchev–Trinajstić information content (AvgIpc) is 3.55. The van der Waals surface area contributed by atoms with Crippen LogP contribution in [0.1, 0.15) is 29.5 Å². The Morgan fingerprint density at radius 3 is 2.53 bits per heavy atom. The number of alkyl halides is 3. The van der Waals surface area contributed by atoms with Crippen molar-refractivity contribution in [3.05, 3.63) is 89.7 Å². The zero-order valence-corrected chi connectivity index (χ0v) is 26.7. The number of nitrogens with zero attached hydrogens (tertiary/aromatic N) is 5. The molecular weight excluding hydrogens is 629 g/mol.